The Kier molecular flexibility index (Phi) is 3.17. The average Bonchev–Trinajstić information content (AvgIpc) is 2.90. The van der Waals surface area contributed by atoms with Crippen LogP contribution in [0.2, 0.25) is 0 Å². The van der Waals surface area contributed by atoms with Crippen molar-refractivity contribution in [3.05, 3.63) is 41.6 Å². The predicted molar refractivity (Wildman–Crippen MR) is 71.3 cm³/mol. The van der Waals surface area contributed by atoms with Gasteiger partial charge in [0.1, 0.15) is 0 Å². The molecule has 3 rings (SSSR count). The fourth-order valence-electron chi connectivity index (χ4n) is 2.58. The molecule has 1 unspecified atom stereocenters. The molecule has 0 bridgehead atoms. The molecule has 1 saturated heterocycles. The molecule has 98 valence electrons. The Morgan fingerprint density at radius 2 is 2.32 bits per heavy atom. The minimum absolute atomic E-state index is 0.314. The van der Waals surface area contributed by atoms with Crippen molar-refractivity contribution in [2.24, 2.45) is 5.92 Å². The Balaban J connectivity index is 1.98. The van der Waals surface area contributed by atoms with Crippen molar-refractivity contribution in [2.45, 2.75) is 12.8 Å². The predicted octanol–water partition coefficient (Wildman–Crippen LogP) is 2.51. The monoisotopic (exact) mass is 257 g/mol. The Morgan fingerprint density at radius 1 is 1.42 bits per heavy atom. The summed E-state index contributed by atoms with van der Waals surface area (Å²) in [4.78, 5) is 15.4. The van der Waals surface area contributed by atoms with Crippen LogP contribution >= 0.6 is 0 Å². The number of aromatic nitrogens is 1. The van der Waals surface area contributed by atoms with E-state index >= 15 is 0 Å². The Labute approximate surface area is 111 Å². The summed E-state index contributed by atoms with van der Waals surface area (Å²) >= 11 is 0. The van der Waals surface area contributed by atoms with Crippen LogP contribution in [0.4, 0.5) is 0 Å². The molecule has 1 aromatic carbocycles. The molecular formula is C15H15NO3. The third kappa shape index (κ3) is 2.44. The van der Waals surface area contributed by atoms with Gasteiger partial charge in [-0.2, -0.15) is 0 Å². The van der Waals surface area contributed by atoms with E-state index in [1.54, 1.807) is 6.07 Å². The van der Waals surface area contributed by atoms with E-state index in [0.29, 0.717) is 16.9 Å². The van der Waals surface area contributed by atoms with Crippen LogP contribution in [0.5, 0.6) is 0 Å². The van der Waals surface area contributed by atoms with Crippen LogP contribution in [0.15, 0.2) is 30.5 Å². The van der Waals surface area contributed by atoms with Gasteiger partial charge in [-0.1, -0.05) is 6.07 Å². The van der Waals surface area contributed by atoms with E-state index < -0.39 is 5.97 Å². The molecule has 4 nitrogen and oxygen atoms in total. The zero-order valence-corrected chi connectivity index (χ0v) is 10.5. The second-order valence-electron chi connectivity index (χ2n) is 4.95. The van der Waals surface area contributed by atoms with Gasteiger partial charge in [-0.15, -0.1) is 0 Å². The highest BCUT2D eigenvalue weighted by atomic mass is 16.5. The number of fused-ring (bicyclic) bond motifs is 1. The quantitative estimate of drug-likeness (QED) is 0.917. The second kappa shape index (κ2) is 4.97. The van der Waals surface area contributed by atoms with Gasteiger partial charge in [0, 0.05) is 24.8 Å². The molecule has 0 saturated carbocycles. The minimum Gasteiger partial charge on any atom is -0.478 e. The first-order chi connectivity index (χ1) is 9.24. The maximum atomic E-state index is 11.2. The highest BCUT2D eigenvalue weighted by Gasteiger charge is 2.17. The van der Waals surface area contributed by atoms with E-state index in [2.05, 4.69) is 4.98 Å². The summed E-state index contributed by atoms with van der Waals surface area (Å²) in [5.74, 6) is -0.365. The fraction of sp³-hybridized carbons (Fsp3) is 0.333. The number of pyridine rings is 1. The summed E-state index contributed by atoms with van der Waals surface area (Å²) < 4.78 is 5.37. The van der Waals surface area contributed by atoms with Gasteiger partial charge >= 0.3 is 5.97 Å². The number of aromatic carboxylic acids is 1. The van der Waals surface area contributed by atoms with Crippen molar-refractivity contribution >= 4 is 16.9 Å². The van der Waals surface area contributed by atoms with Gasteiger partial charge < -0.3 is 9.84 Å². The van der Waals surface area contributed by atoms with Crippen LogP contribution < -0.4 is 0 Å². The Bertz CT molecular complexity index is 618. The third-order valence-corrected chi connectivity index (χ3v) is 3.58. The van der Waals surface area contributed by atoms with E-state index in [1.165, 1.54) is 6.20 Å². The highest BCUT2D eigenvalue weighted by molar-refractivity contribution is 6.02. The van der Waals surface area contributed by atoms with Crippen molar-refractivity contribution in [3.63, 3.8) is 0 Å². The molecule has 0 aliphatic carbocycles. The van der Waals surface area contributed by atoms with Crippen molar-refractivity contribution in [2.75, 3.05) is 13.2 Å². The number of hydrogen-bond donors (Lipinski definition) is 1. The number of benzene rings is 1. The Hall–Kier alpha value is -1.94. The summed E-state index contributed by atoms with van der Waals surface area (Å²) in [5, 5.41) is 9.92. The zero-order chi connectivity index (χ0) is 13.2. The largest absolute Gasteiger partial charge is 0.478 e. The van der Waals surface area contributed by atoms with Gasteiger partial charge in [0.2, 0.25) is 0 Å². The number of ether oxygens (including phenoxy) is 1. The number of nitrogens with zero attached hydrogens (tertiary/aromatic N) is 1. The van der Waals surface area contributed by atoms with Gasteiger partial charge in [-0.3, -0.25) is 4.98 Å². The van der Waals surface area contributed by atoms with Gasteiger partial charge in [-0.25, -0.2) is 4.79 Å². The SMILES string of the molecule is O=C(O)c1ccnc2ccc(CC3CCOC3)cc12. The first-order valence-electron chi connectivity index (χ1n) is 6.43. The molecule has 1 fully saturated rings. The second-order valence-corrected chi connectivity index (χ2v) is 4.95. The maximum Gasteiger partial charge on any atom is 0.336 e. The molecule has 0 radical (unpaired) electrons. The van der Waals surface area contributed by atoms with Crippen LogP contribution in [0, 0.1) is 5.92 Å². The van der Waals surface area contributed by atoms with Crippen LogP contribution in [0.25, 0.3) is 10.9 Å². The van der Waals surface area contributed by atoms with Crippen LogP contribution in [0.3, 0.4) is 0 Å². The maximum absolute atomic E-state index is 11.2. The van der Waals surface area contributed by atoms with Crippen molar-refractivity contribution in [1.29, 1.82) is 0 Å². The first kappa shape index (κ1) is 12.1. The lowest BCUT2D eigenvalue weighted by Crippen LogP contribution is -2.04. The molecule has 2 heterocycles. The van der Waals surface area contributed by atoms with Crippen molar-refractivity contribution in [1.82, 2.24) is 4.98 Å². The zero-order valence-electron chi connectivity index (χ0n) is 10.5. The van der Waals surface area contributed by atoms with Crippen molar-refractivity contribution < 1.29 is 14.6 Å². The minimum atomic E-state index is -0.909. The molecule has 1 aliphatic heterocycles. The van der Waals surface area contributed by atoms with Gasteiger partial charge in [-0.05, 0) is 42.5 Å². The summed E-state index contributed by atoms with van der Waals surface area (Å²) in [5.41, 5.74) is 2.19. The molecular weight excluding hydrogens is 242 g/mol. The molecule has 1 aliphatic rings. The van der Waals surface area contributed by atoms with E-state index in [9.17, 15) is 9.90 Å². The lowest BCUT2D eigenvalue weighted by Gasteiger charge is -2.09. The van der Waals surface area contributed by atoms with E-state index in [0.717, 1.165) is 37.1 Å². The molecule has 1 aromatic heterocycles. The van der Waals surface area contributed by atoms with Crippen LogP contribution in [-0.2, 0) is 11.2 Å². The van der Waals surface area contributed by atoms with Gasteiger partial charge in [0.15, 0.2) is 0 Å². The lowest BCUT2D eigenvalue weighted by atomic mass is 9.96. The van der Waals surface area contributed by atoms with Gasteiger partial charge in [0.25, 0.3) is 0 Å². The molecule has 19 heavy (non-hydrogen) atoms. The number of carboxylic acids is 1. The standard InChI is InChI=1S/C15H15NO3/c17-15(18)12-3-5-16-14-2-1-10(8-13(12)14)7-11-4-6-19-9-11/h1-3,5,8,11H,4,6-7,9H2,(H,17,18). The van der Waals surface area contributed by atoms with Crippen LogP contribution in [-0.4, -0.2) is 29.3 Å². The highest BCUT2D eigenvalue weighted by Crippen LogP contribution is 2.23. The summed E-state index contributed by atoms with van der Waals surface area (Å²) in [6, 6.07) is 7.42. The number of hydrogen-bond acceptors (Lipinski definition) is 3. The smallest absolute Gasteiger partial charge is 0.336 e. The average molecular weight is 257 g/mol. The van der Waals surface area contributed by atoms with E-state index in [-0.39, 0.29) is 0 Å². The number of carbonyl (C=O) groups is 1. The molecule has 1 N–H and O–H groups in total. The summed E-state index contributed by atoms with van der Waals surface area (Å²) in [6.07, 6.45) is 3.55. The molecule has 0 amide bonds. The number of carboxylic acid groups (broad SMARTS) is 1. The topological polar surface area (TPSA) is 59.4 Å². The van der Waals surface area contributed by atoms with Crippen molar-refractivity contribution in [3.8, 4) is 0 Å². The van der Waals surface area contributed by atoms with Crippen LogP contribution in [0.1, 0.15) is 22.3 Å². The summed E-state index contributed by atoms with van der Waals surface area (Å²) in [7, 11) is 0. The summed E-state index contributed by atoms with van der Waals surface area (Å²) in [6.45, 7) is 1.64. The normalized spacial score (nSPS) is 18.8. The first-order valence-corrected chi connectivity index (χ1v) is 6.43. The molecule has 4 heteroatoms. The number of rotatable bonds is 3. The lowest BCUT2D eigenvalue weighted by molar-refractivity contribution is 0.0699. The van der Waals surface area contributed by atoms with E-state index in [4.69, 9.17) is 4.74 Å². The molecule has 1 atom stereocenters. The van der Waals surface area contributed by atoms with E-state index in [1.807, 2.05) is 18.2 Å². The third-order valence-electron chi connectivity index (χ3n) is 3.58. The Morgan fingerprint density at radius 3 is 3.05 bits per heavy atom. The van der Waals surface area contributed by atoms with Gasteiger partial charge in [0.05, 0.1) is 11.1 Å². The fourth-order valence-corrected chi connectivity index (χ4v) is 2.58. The molecule has 2 aromatic rings. The molecule has 0 spiro atoms.